The number of carbonyl (C=O) groups is 2. The van der Waals surface area contributed by atoms with E-state index in [1.807, 2.05) is 12.1 Å². The summed E-state index contributed by atoms with van der Waals surface area (Å²) in [4.78, 5) is 30.7. The minimum atomic E-state index is -0.581. The number of aldehydes is 1. The largest absolute Gasteiger partial charge is 0.502 e. The molecule has 1 aliphatic heterocycles. The molecular weight excluding hydrogens is 554 g/mol. The number of phenols is 1. The van der Waals surface area contributed by atoms with Gasteiger partial charge in [-0.2, -0.15) is 0 Å². The number of unbranched alkanes of at least 4 members (excludes halogenated alkanes) is 1. The van der Waals surface area contributed by atoms with Crippen LogP contribution in [-0.4, -0.2) is 103 Å². The van der Waals surface area contributed by atoms with Crippen LogP contribution >= 0.6 is 0 Å². The van der Waals surface area contributed by atoms with E-state index in [9.17, 15) is 14.7 Å². The number of hydrogen-bond donors (Lipinski definition) is 2. The molecule has 1 heterocycles. The molecular formula is C32H45N3O8. The van der Waals surface area contributed by atoms with E-state index in [0.29, 0.717) is 23.5 Å². The second kappa shape index (κ2) is 14.8. The van der Waals surface area contributed by atoms with Crippen molar-refractivity contribution >= 4 is 12.2 Å². The average molecular weight is 600 g/mol. The number of carbonyl (C=O) groups excluding carboxylic acids is 2. The number of likely N-dealkylation sites (N-methyl/N-ethyl adjacent to an activating group) is 2. The fraction of sp³-hybridized carbons (Fsp3) is 0.562. The molecule has 0 saturated heterocycles. The summed E-state index contributed by atoms with van der Waals surface area (Å²) in [5.74, 6) is -0.0213. The highest BCUT2D eigenvalue weighted by Crippen LogP contribution is 2.53. The Labute approximate surface area is 254 Å². The van der Waals surface area contributed by atoms with Gasteiger partial charge in [-0.3, -0.25) is 4.79 Å². The molecule has 1 amide bonds. The molecule has 2 aromatic rings. The van der Waals surface area contributed by atoms with Gasteiger partial charge < -0.3 is 48.7 Å². The van der Waals surface area contributed by atoms with E-state index in [2.05, 4.69) is 36.3 Å². The van der Waals surface area contributed by atoms with E-state index in [1.54, 1.807) is 19.2 Å². The molecule has 11 nitrogen and oxygen atoms in total. The summed E-state index contributed by atoms with van der Waals surface area (Å²) in [7, 11) is 10.7. The molecule has 2 aromatic carbocycles. The van der Waals surface area contributed by atoms with Gasteiger partial charge in [0.2, 0.25) is 18.4 Å². The van der Waals surface area contributed by atoms with E-state index in [0.717, 1.165) is 49.9 Å². The molecule has 236 valence electrons. The quantitative estimate of drug-likeness (QED) is 0.233. The number of fused-ring (bicyclic) bond motifs is 2. The summed E-state index contributed by atoms with van der Waals surface area (Å²) >= 11 is 0. The molecule has 0 fully saturated rings. The Balaban J connectivity index is 1.65. The molecule has 1 unspecified atom stereocenters. The van der Waals surface area contributed by atoms with Crippen LogP contribution in [-0.2, 0) is 14.3 Å². The number of aromatic hydroxyl groups is 1. The molecule has 0 saturated carbocycles. The van der Waals surface area contributed by atoms with Crippen molar-refractivity contribution in [2.75, 3.05) is 75.5 Å². The van der Waals surface area contributed by atoms with Crippen LogP contribution in [0.1, 0.15) is 47.9 Å². The van der Waals surface area contributed by atoms with Crippen molar-refractivity contribution in [3.05, 3.63) is 41.0 Å². The third-order valence-electron chi connectivity index (χ3n) is 8.37. The number of hydrogen-bond acceptors (Lipinski definition) is 10. The molecule has 4 atom stereocenters. The second-order valence-electron chi connectivity index (χ2n) is 11.5. The van der Waals surface area contributed by atoms with E-state index in [1.165, 1.54) is 14.2 Å². The van der Waals surface area contributed by atoms with Crippen LogP contribution in [0.3, 0.4) is 0 Å². The maximum Gasteiger partial charge on any atom is 0.231 e. The van der Waals surface area contributed by atoms with Crippen LogP contribution in [0.5, 0.6) is 28.7 Å². The number of benzene rings is 2. The lowest BCUT2D eigenvalue weighted by molar-refractivity contribution is -0.124. The smallest absolute Gasteiger partial charge is 0.231 e. The molecule has 0 radical (unpaired) electrons. The molecule has 4 rings (SSSR count). The van der Waals surface area contributed by atoms with Gasteiger partial charge in [0, 0.05) is 44.4 Å². The minimum Gasteiger partial charge on any atom is -0.502 e. The van der Waals surface area contributed by atoms with E-state index >= 15 is 0 Å². The maximum absolute atomic E-state index is 13.3. The Morgan fingerprint density at radius 3 is 2.21 bits per heavy atom. The number of phenolic OH excluding ortho intramolecular Hbond substituents is 1. The Morgan fingerprint density at radius 1 is 0.977 bits per heavy atom. The van der Waals surface area contributed by atoms with E-state index < -0.39 is 17.9 Å². The lowest BCUT2D eigenvalue weighted by Crippen LogP contribution is -2.44. The molecule has 0 bridgehead atoms. The number of nitrogens with zero attached hydrogens (tertiary/aromatic N) is 2. The normalized spacial score (nSPS) is 20.7. The van der Waals surface area contributed by atoms with Crippen molar-refractivity contribution in [1.29, 1.82) is 0 Å². The van der Waals surface area contributed by atoms with Crippen molar-refractivity contribution in [3.63, 3.8) is 0 Å². The number of rotatable bonds is 15. The number of methoxy groups -OCH3 is 3. The third kappa shape index (κ3) is 7.34. The first-order valence-electron chi connectivity index (χ1n) is 14.7. The predicted molar refractivity (Wildman–Crippen MR) is 161 cm³/mol. The van der Waals surface area contributed by atoms with Gasteiger partial charge in [0.25, 0.3) is 0 Å². The first-order valence-corrected chi connectivity index (χ1v) is 14.7. The summed E-state index contributed by atoms with van der Waals surface area (Å²) in [5, 5.41) is 13.8. The highest BCUT2D eigenvalue weighted by molar-refractivity contribution is 5.77. The lowest BCUT2D eigenvalue weighted by atomic mass is 9.64. The molecule has 0 spiro atoms. The highest BCUT2D eigenvalue weighted by Gasteiger charge is 2.45. The molecule has 2 N–H and O–H groups in total. The van der Waals surface area contributed by atoms with Gasteiger partial charge in [0.15, 0.2) is 23.0 Å². The van der Waals surface area contributed by atoms with Gasteiger partial charge in [-0.05, 0) is 81.5 Å². The Bertz CT molecular complexity index is 1240. The topological polar surface area (TPSA) is 119 Å². The van der Waals surface area contributed by atoms with Gasteiger partial charge >= 0.3 is 0 Å². The van der Waals surface area contributed by atoms with Crippen molar-refractivity contribution in [1.82, 2.24) is 15.1 Å². The van der Waals surface area contributed by atoms with Crippen molar-refractivity contribution < 1.29 is 38.4 Å². The monoisotopic (exact) mass is 599 g/mol. The predicted octanol–water partition coefficient (Wildman–Crippen LogP) is 3.18. The Kier molecular flexibility index (Phi) is 11.1. The standard InChI is InChI=1S/C32H45N3O8/c1-34(2)11-12-35(3)10-8-7-9-29(37)33-31-22-16-26-25(42-19-43-26)15-21(22)30(23(17-36)24(31)18-39-4)20-13-27(40-5)32(38)28(14-20)41-6/h13-17,23-24,30-31,38H,7-12,18-19H2,1-6H3,(H,33,37)/t23-,24-,30?,31+/m0/s1. The summed E-state index contributed by atoms with van der Waals surface area (Å²) in [5.41, 5.74) is 2.36. The molecule has 2 aliphatic rings. The first kappa shape index (κ1) is 32.4. The lowest BCUT2D eigenvalue weighted by Gasteiger charge is -2.42. The highest BCUT2D eigenvalue weighted by atomic mass is 16.7. The fourth-order valence-electron chi connectivity index (χ4n) is 6.07. The third-order valence-corrected chi connectivity index (χ3v) is 8.37. The number of nitrogens with one attached hydrogen (secondary N) is 1. The van der Waals surface area contributed by atoms with Crippen LogP contribution in [0.4, 0.5) is 0 Å². The second-order valence-corrected chi connectivity index (χ2v) is 11.5. The van der Waals surface area contributed by atoms with Crippen LogP contribution in [0, 0.1) is 11.8 Å². The maximum atomic E-state index is 13.3. The van der Waals surface area contributed by atoms with E-state index in [-0.39, 0.29) is 42.5 Å². The molecule has 11 heteroatoms. The molecule has 0 aromatic heterocycles. The van der Waals surface area contributed by atoms with Crippen molar-refractivity contribution in [2.45, 2.75) is 31.2 Å². The number of ether oxygens (including phenoxy) is 5. The van der Waals surface area contributed by atoms with Crippen LogP contribution in [0.2, 0.25) is 0 Å². The zero-order chi connectivity index (χ0) is 31.1. The van der Waals surface area contributed by atoms with Gasteiger partial charge in [-0.25, -0.2) is 0 Å². The van der Waals surface area contributed by atoms with Crippen molar-refractivity contribution in [2.24, 2.45) is 11.8 Å². The van der Waals surface area contributed by atoms with Crippen molar-refractivity contribution in [3.8, 4) is 28.7 Å². The van der Waals surface area contributed by atoms with Gasteiger partial charge in [0.05, 0.1) is 26.9 Å². The molecule has 43 heavy (non-hydrogen) atoms. The SMILES string of the molecule is COC[C@@H]1[C@H](NC(=O)CCCCN(C)CCN(C)C)c2cc3c(cc2C(c2cc(OC)c(O)c(OC)c2)[C@H]1C=O)OCO3. The zero-order valence-corrected chi connectivity index (χ0v) is 26.1. The molecule has 1 aliphatic carbocycles. The summed E-state index contributed by atoms with van der Waals surface area (Å²) < 4.78 is 27.9. The van der Waals surface area contributed by atoms with Gasteiger partial charge in [-0.1, -0.05) is 0 Å². The van der Waals surface area contributed by atoms with Crippen LogP contribution in [0.25, 0.3) is 0 Å². The Morgan fingerprint density at radius 2 is 1.63 bits per heavy atom. The summed E-state index contributed by atoms with van der Waals surface area (Å²) in [6.45, 7) is 3.20. The number of amides is 1. The fourth-order valence-corrected chi connectivity index (χ4v) is 6.07. The summed E-state index contributed by atoms with van der Waals surface area (Å²) in [6.07, 6.45) is 2.96. The van der Waals surface area contributed by atoms with Gasteiger partial charge in [0.1, 0.15) is 6.29 Å². The van der Waals surface area contributed by atoms with Gasteiger partial charge in [-0.15, -0.1) is 0 Å². The van der Waals surface area contributed by atoms with Crippen LogP contribution in [0.15, 0.2) is 24.3 Å². The summed E-state index contributed by atoms with van der Waals surface area (Å²) in [6, 6.07) is 6.72. The minimum absolute atomic E-state index is 0.0817. The first-order chi connectivity index (χ1) is 20.7. The average Bonchev–Trinajstić information content (AvgIpc) is 3.46. The Hall–Kier alpha value is -3.54. The van der Waals surface area contributed by atoms with Crippen LogP contribution < -0.4 is 24.3 Å². The van der Waals surface area contributed by atoms with E-state index in [4.69, 9.17) is 23.7 Å². The zero-order valence-electron chi connectivity index (χ0n) is 26.1.